The second-order valence-electron chi connectivity index (χ2n) is 5.68. The van der Waals surface area contributed by atoms with Crippen molar-refractivity contribution in [3.63, 3.8) is 0 Å². The maximum absolute atomic E-state index is 12.3. The lowest BCUT2D eigenvalue weighted by Gasteiger charge is -2.14. The number of hydrogen-bond donors (Lipinski definition) is 1. The van der Waals surface area contributed by atoms with E-state index in [0.29, 0.717) is 11.5 Å². The number of carbonyl (C=O) groups is 1. The molecule has 1 amide bonds. The molecule has 0 saturated carbocycles. The molecule has 2 rings (SSSR count). The van der Waals surface area contributed by atoms with Crippen molar-refractivity contribution in [2.24, 2.45) is 0 Å². The summed E-state index contributed by atoms with van der Waals surface area (Å²) in [5.41, 5.74) is 3.73. The van der Waals surface area contributed by atoms with Gasteiger partial charge in [-0.05, 0) is 41.8 Å². The normalized spacial score (nSPS) is 10.5. The van der Waals surface area contributed by atoms with E-state index in [4.69, 9.17) is 0 Å². The van der Waals surface area contributed by atoms with Gasteiger partial charge in [-0.3, -0.25) is 4.79 Å². The molecule has 0 fully saturated rings. The molecule has 0 radical (unpaired) electrons. The van der Waals surface area contributed by atoms with Gasteiger partial charge < -0.3 is 10.2 Å². The predicted octanol–water partition coefficient (Wildman–Crippen LogP) is 4.13. The molecule has 0 aliphatic heterocycles. The molecule has 0 aliphatic carbocycles. The summed E-state index contributed by atoms with van der Waals surface area (Å²) in [4.78, 5) is 14.3. The molecule has 1 N–H and O–H groups in total. The van der Waals surface area contributed by atoms with Crippen molar-refractivity contribution in [3.8, 4) is 0 Å². The minimum atomic E-state index is -0.0837. The zero-order chi connectivity index (χ0) is 15.4. The van der Waals surface area contributed by atoms with E-state index in [1.807, 2.05) is 61.5 Å². The van der Waals surface area contributed by atoms with Gasteiger partial charge in [0.1, 0.15) is 0 Å². The van der Waals surface area contributed by atoms with Gasteiger partial charge in [-0.1, -0.05) is 32.0 Å². The van der Waals surface area contributed by atoms with E-state index in [-0.39, 0.29) is 5.91 Å². The van der Waals surface area contributed by atoms with Crippen LogP contribution < -0.4 is 10.2 Å². The van der Waals surface area contributed by atoms with Crippen LogP contribution in [0, 0.1) is 0 Å². The molecule has 0 bridgehead atoms. The maximum Gasteiger partial charge on any atom is 0.255 e. The molecule has 2 aromatic carbocycles. The van der Waals surface area contributed by atoms with Crippen LogP contribution in [0.4, 0.5) is 11.4 Å². The molecule has 0 spiro atoms. The van der Waals surface area contributed by atoms with Crippen molar-refractivity contribution < 1.29 is 4.79 Å². The van der Waals surface area contributed by atoms with Crippen LogP contribution in [0.15, 0.2) is 48.5 Å². The van der Waals surface area contributed by atoms with Gasteiger partial charge in [0, 0.05) is 31.0 Å². The van der Waals surface area contributed by atoms with Crippen molar-refractivity contribution in [2.45, 2.75) is 19.8 Å². The lowest BCUT2D eigenvalue weighted by molar-refractivity contribution is 0.102. The Hall–Kier alpha value is -2.29. The van der Waals surface area contributed by atoms with Crippen LogP contribution in [0.2, 0.25) is 0 Å². The minimum absolute atomic E-state index is 0.0837. The monoisotopic (exact) mass is 282 g/mol. The van der Waals surface area contributed by atoms with Gasteiger partial charge in [0.15, 0.2) is 0 Å². The summed E-state index contributed by atoms with van der Waals surface area (Å²) in [5.74, 6) is 0.360. The van der Waals surface area contributed by atoms with Crippen molar-refractivity contribution >= 4 is 17.3 Å². The third-order valence-electron chi connectivity index (χ3n) is 3.44. The second-order valence-corrected chi connectivity index (χ2v) is 5.68. The largest absolute Gasteiger partial charge is 0.378 e. The summed E-state index contributed by atoms with van der Waals surface area (Å²) >= 11 is 0. The van der Waals surface area contributed by atoms with Crippen LogP contribution in [0.5, 0.6) is 0 Å². The quantitative estimate of drug-likeness (QED) is 0.914. The first-order chi connectivity index (χ1) is 9.97. The number of benzene rings is 2. The molecule has 2 aromatic rings. The van der Waals surface area contributed by atoms with Gasteiger partial charge in [0.2, 0.25) is 0 Å². The van der Waals surface area contributed by atoms with E-state index < -0.39 is 0 Å². The second kappa shape index (κ2) is 6.44. The Bertz CT molecular complexity index is 633. The van der Waals surface area contributed by atoms with Gasteiger partial charge in [0.25, 0.3) is 5.91 Å². The van der Waals surface area contributed by atoms with Crippen LogP contribution in [0.25, 0.3) is 0 Å². The standard InChI is InChI=1S/C18H22N2O/c1-13(2)14-7-5-9-16(11-14)19-18(21)15-8-6-10-17(12-15)20(3)4/h5-13H,1-4H3,(H,19,21). The third-order valence-corrected chi connectivity index (χ3v) is 3.44. The number of hydrogen-bond acceptors (Lipinski definition) is 2. The Labute approximate surface area is 126 Å². The fraction of sp³-hybridized carbons (Fsp3) is 0.278. The van der Waals surface area contributed by atoms with E-state index in [1.165, 1.54) is 5.56 Å². The Morgan fingerprint density at radius 2 is 1.76 bits per heavy atom. The molecule has 0 unspecified atom stereocenters. The van der Waals surface area contributed by atoms with Crippen molar-refractivity contribution in [3.05, 3.63) is 59.7 Å². The van der Waals surface area contributed by atoms with Gasteiger partial charge >= 0.3 is 0 Å². The van der Waals surface area contributed by atoms with E-state index in [1.54, 1.807) is 0 Å². The van der Waals surface area contributed by atoms with Crippen LogP contribution >= 0.6 is 0 Å². The maximum atomic E-state index is 12.3. The van der Waals surface area contributed by atoms with Crippen molar-refractivity contribution in [2.75, 3.05) is 24.3 Å². The van der Waals surface area contributed by atoms with Gasteiger partial charge in [-0.2, -0.15) is 0 Å². The molecule has 3 heteroatoms. The molecule has 0 heterocycles. The zero-order valence-corrected chi connectivity index (χ0v) is 13.1. The average molecular weight is 282 g/mol. The molecule has 3 nitrogen and oxygen atoms in total. The summed E-state index contributed by atoms with van der Waals surface area (Å²) in [7, 11) is 3.92. The molecule has 0 saturated heterocycles. The highest BCUT2D eigenvalue weighted by atomic mass is 16.1. The number of nitrogens with one attached hydrogen (secondary N) is 1. The smallest absolute Gasteiger partial charge is 0.255 e. The summed E-state index contributed by atoms with van der Waals surface area (Å²) in [6, 6.07) is 15.6. The molecule has 0 aliphatic rings. The molecular formula is C18H22N2O. The lowest BCUT2D eigenvalue weighted by Crippen LogP contribution is -2.14. The van der Waals surface area contributed by atoms with Crippen LogP contribution in [0.3, 0.4) is 0 Å². The Kier molecular flexibility index (Phi) is 4.63. The summed E-state index contributed by atoms with van der Waals surface area (Å²) in [6.45, 7) is 4.28. The van der Waals surface area contributed by atoms with E-state index >= 15 is 0 Å². The fourth-order valence-corrected chi connectivity index (χ4v) is 2.10. The highest BCUT2D eigenvalue weighted by molar-refractivity contribution is 6.04. The summed E-state index contributed by atoms with van der Waals surface area (Å²) in [5, 5.41) is 2.96. The fourth-order valence-electron chi connectivity index (χ4n) is 2.10. The Morgan fingerprint density at radius 1 is 1.05 bits per heavy atom. The highest BCUT2D eigenvalue weighted by Crippen LogP contribution is 2.20. The van der Waals surface area contributed by atoms with E-state index in [2.05, 4.69) is 25.2 Å². The molecule has 110 valence electrons. The number of rotatable bonds is 4. The van der Waals surface area contributed by atoms with E-state index in [9.17, 15) is 4.79 Å². The Morgan fingerprint density at radius 3 is 2.43 bits per heavy atom. The molecular weight excluding hydrogens is 260 g/mol. The highest BCUT2D eigenvalue weighted by Gasteiger charge is 2.08. The van der Waals surface area contributed by atoms with Crippen molar-refractivity contribution in [1.29, 1.82) is 0 Å². The first-order valence-electron chi connectivity index (χ1n) is 7.16. The van der Waals surface area contributed by atoms with Crippen LogP contribution in [-0.2, 0) is 0 Å². The number of carbonyl (C=O) groups excluding carboxylic acids is 1. The summed E-state index contributed by atoms with van der Waals surface area (Å²) in [6.07, 6.45) is 0. The number of amides is 1. The average Bonchev–Trinajstić information content (AvgIpc) is 2.47. The minimum Gasteiger partial charge on any atom is -0.378 e. The first-order valence-corrected chi connectivity index (χ1v) is 7.16. The number of anilines is 2. The van der Waals surface area contributed by atoms with Crippen LogP contribution in [-0.4, -0.2) is 20.0 Å². The topological polar surface area (TPSA) is 32.3 Å². The third kappa shape index (κ3) is 3.85. The Balaban J connectivity index is 2.18. The van der Waals surface area contributed by atoms with Gasteiger partial charge in [-0.15, -0.1) is 0 Å². The lowest BCUT2D eigenvalue weighted by atomic mass is 10.0. The van der Waals surface area contributed by atoms with E-state index in [0.717, 1.165) is 11.4 Å². The first kappa shape index (κ1) is 15.1. The molecule has 0 atom stereocenters. The summed E-state index contributed by atoms with van der Waals surface area (Å²) < 4.78 is 0. The predicted molar refractivity (Wildman–Crippen MR) is 89.3 cm³/mol. The SMILES string of the molecule is CC(C)c1cccc(NC(=O)c2cccc(N(C)C)c2)c1. The number of nitrogens with zero attached hydrogens (tertiary/aromatic N) is 1. The molecule has 21 heavy (non-hydrogen) atoms. The van der Waals surface area contributed by atoms with Crippen molar-refractivity contribution in [1.82, 2.24) is 0 Å². The van der Waals surface area contributed by atoms with Crippen LogP contribution in [0.1, 0.15) is 35.7 Å². The zero-order valence-electron chi connectivity index (χ0n) is 13.1. The van der Waals surface area contributed by atoms with Gasteiger partial charge in [0.05, 0.1) is 0 Å². The van der Waals surface area contributed by atoms with Gasteiger partial charge in [-0.25, -0.2) is 0 Å². The molecule has 0 aromatic heterocycles.